The fourth-order valence-corrected chi connectivity index (χ4v) is 4.88. The third-order valence-electron chi connectivity index (χ3n) is 6.70. The van der Waals surface area contributed by atoms with Gasteiger partial charge in [-0.15, -0.1) is 0 Å². The van der Waals surface area contributed by atoms with Crippen LogP contribution in [0.4, 0.5) is 0 Å². The summed E-state index contributed by atoms with van der Waals surface area (Å²) in [5, 5.41) is 10.8. The van der Waals surface area contributed by atoms with Crippen molar-refractivity contribution in [2.75, 3.05) is 13.2 Å². The van der Waals surface area contributed by atoms with Crippen LogP contribution in [0.3, 0.4) is 0 Å². The molecule has 0 saturated carbocycles. The Bertz CT molecular complexity index is 892. The summed E-state index contributed by atoms with van der Waals surface area (Å²) < 4.78 is 28.0. The molecule has 3 aliphatic heterocycles. The zero-order chi connectivity index (χ0) is 25.2. The number of hydrogen-bond acceptors (Lipinski definition) is 10. The van der Waals surface area contributed by atoms with E-state index < -0.39 is 65.7 Å². The Morgan fingerprint density at radius 3 is 2.50 bits per heavy atom. The molecule has 3 rings (SSSR count). The Labute approximate surface area is 198 Å². The molecule has 34 heavy (non-hydrogen) atoms. The Balaban J connectivity index is 1.93. The lowest BCUT2D eigenvalue weighted by molar-refractivity contribution is -0.173. The Kier molecular flexibility index (Phi) is 7.82. The van der Waals surface area contributed by atoms with Gasteiger partial charge in [0, 0.05) is 31.8 Å². The standard InChI is InChI=1S/C24H32O10/c1-6-15(10-30-13(3)25)23(29)32-18-9-24(5)8-7-17(27)16(11-31-14(4)26)20(34-24)21-19(18)12(2)22(28)33-21/h6,16-21,27H,2,7-11H2,1,3-5H3/b15-6+/t16-,17-,18+,19-,20+,21-,24-/m0/s1. The summed E-state index contributed by atoms with van der Waals surface area (Å²) in [6.07, 6.45) is -0.838. The van der Waals surface area contributed by atoms with Crippen molar-refractivity contribution >= 4 is 23.9 Å². The molecular weight excluding hydrogens is 448 g/mol. The SMILES string of the molecule is C=C1C(=O)O[C@@H]2[C@@H]3O[C@@](C)(CC[C@H](O)[C@@H]3COC(C)=O)C[C@@H](OC(=O)/C(=C/C)COC(C)=O)[C@H]12. The molecule has 0 radical (unpaired) electrons. The van der Waals surface area contributed by atoms with E-state index in [0.29, 0.717) is 12.8 Å². The van der Waals surface area contributed by atoms with E-state index in [9.17, 15) is 24.3 Å². The molecule has 0 spiro atoms. The molecular formula is C24H32O10. The number of allylic oxidation sites excluding steroid dienone is 1. The number of esters is 4. The van der Waals surface area contributed by atoms with E-state index in [0.717, 1.165) is 0 Å². The second kappa shape index (κ2) is 10.3. The number of carbonyl (C=O) groups is 4. The molecule has 10 nitrogen and oxygen atoms in total. The molecule has 188 valence electrons. The van der Waals surface area contributed by atoms with Gasteiger partial charge in [-0.25, -0.2) is 9.59 Å². The summed E-state index contributed by atoms with van der Waals surface area (Å²) in [7, 11) is 0. The fraction of sp³-hybridized carbons (Fsp3) is 0.667. The highest BCUT2D eigenvalue weighted by molar-refractivity contribution is 5.92. The van der Waals surface area contributed by atoms with Crippen LogP contribution in [-0.2, 0) is 42.9 Å². The highest BCUT2D eigenvalue weighted by Gasteiger charge is 2.58. The van der Waals surface area contributed by atoms with Gasteiger partial charge in [-0.1, -0.05) is 12.7 Å². The number of carbonyl (C=O) groups excluding carboxylic acids is 4. The van der Waals surface area contributed by atoms with E-state index in [1.807, 2.05) is 6.92 Å². The van der Waals surface area contributed by atoms with Gasteiger partial charge in [-0.2, -0.15) is 0 Å². The lowest BCUT2D eigenvalue weighted by Crippen LogP contribution is -2.47. The van der Waals surface area contributed by atoms with Gasteiger partial charge in [0.05, 0.1) is 29.8 Å². The highest BCUT2D eigenvalue weighted by Crippen LogP contribution is 2.47. The number of aliphatic hydroxyl groups excluding tert-OH is 1. The van der Waals surface area contributed by atoms with Crippen LogP contribution in [-0.4, -0.2) is 72.2 Å². The molecule has 3 heterocycles. The topological polar surface area (TPSA) is 135 Å². The van der Waals surface area contributed by atoms with Crippen LogP contribution in [0.2, 0.25) is 0 Å². The quantitative estimate of drug-likeness (QED) is 0.337. The van der Waals surface area contributed by atoms with Crippen molar-refractivity contribution in [3.05, 3.63) is 23.8 Å². The van der Waals surface area contributed by atoms with Crippen molar-refractivity contribution in [3.63, 3.8) is 0 Å². The molecule has 3 fully saturated rings. The minimum Gasteiger partial charge on any atom is -0.465 e. The van der Waals surface area contributed by atoms with Gasteiger partial charge in [-0.05, 0) is 26.7 Å². The van der Waals surface area contributed by atoms with Crippen molar-refractivity contribution < 1.29 is 48.0 Å². The van der Waals surface area contributed by atoms with Crippen LogP contribution in [0, 0.1) is 11.8 Å². The molecule has 7 atom stereocenters. The first-order valence-corrected chi connectivity index (χ1v) is 11.3. The van der Waals surface area contributed by atoms with Crippen molar-refractivity contribution in [2.24, 2.45) is 11.8 Å². The predicted molar refractivity (Wildman–Crippen MR) is 116 cm³/mol. The summed E-state index contributed by atoms with van der Waals surface area (Å²) in [5.74, 6) is -3.74. The van der Waals surface area contributed by atoms with Gasteiger partial charge in [0.2, 0.25) is 0 Å². The number of rotatable bonds is 6. The van der Waals surface area contributed by atoms with Crippen LogP contribution in [0.1, 0.15) is 47.0 Å². The number of ether oxygens (including phenoxy) is 5. The molecule has 10 heteroatoms. The zero-order valence-corrected chi connectivity index (χ0v) is 19.9. The van der Waals surface area contributed by atoms with Gasteiger partial charge in [-0.3, -0.25) is 9.59 Å². The second-order valence-corrected chi connectivity index (χ2v) is 9.27. The maximum absolute atomic E-state index is 12.9. The maximum atomic E-state index is 12.9. The minimum atomic E-state index is -0.893. The average molecular weight is 481 g/mol. The van der Waals surface area contributed by atoms with Crippen molar-refractivity contribution in [1.82, 2.24) is 0 Å². The van der Waals surface area contributed by atoms with E-state index in [4.69, 9.17) is 23.7 Å². The first kappa shape index (κ1) is 25.9. The van der Waals surface area contributed by atoms with Crippen molar-refractivity contribution in [1.29, 1.82) is 0 Å². The van der Waals surface area contributed by atoms with Gasteiger partial charge >= 0.3 is 23.9 Å². The van der Waals surface area contributed by atoms with Crippen LogP contribution in [0.25, 0.3) is 0 Å². The van der Waals surface area contributed by atoms with Crippen LogP contribution >= 0.6 is 0 Å². The molecule has 0 aliphatic carbocycles. The minimum absolute atomic E-state index is 0.111. The van der Waals surface area contributed by atoms with Crippen LogP contribution < -0.4 is 0 Å². The van der Waals surface area contributed by atoms with E-state index in [1.54, 1.807) is 6.92 Å². The molecule has 2 bridgehead atoms. The van der Waals surface area contributed by atoms with Crippen LogP contribution in [0.15, 0.2) is 23.8 Å². The van der Waals surface area contributed by atoms with E-state index in [1.165, 1.54) is 19.9 Å². The summed E-state index contributed by atoms with van der Waals surface area (Å²) >= 11 is 0. The van der Waals surface area contributed by atoms with E-state index in [2.05, 4.69) is 6.58 Å². The highest BCUT2D eigenvalue weighted by atomic mass is 16.6. The number of aliphatic hydroxyl groups is 1. The van der Waals surface area contributed by atoms with E-state index in [-0.39, 0.29) is 30.8 Å². The van der Waals surface area contributed by atoms with Crippen molar-refractivity contribution in [3.8, 4) is 0 Å². The molecule has 0 aromatic carbocycles. The maximum Gasteiger partial charge on any atom is 0.337 e. The monoisotopic (exact) mass is 480 g/mol. The molecule has 0 amide bonds. The smallest absolute Gasteiger partial charge is 0.337 e. The summed E-state index contributed by atoms with van der Waals surface area (Å²) in [4.78, 5) is 48.0. The van der Waals surface area contributed by atoms with Gasteiger partial charge in [0.15, 0.2) is 0 Å². The van der Waals surface area contributed by atoms with E-state index >= 15 is 0 Å². The third kappa shape index (κ3) is 5.50. The third-order valence-corrected chi connectivity index (χ3v) is 6.70. The van der Waals surface area contributed by atoms with Crippen molar-refractivity contribution in [2.45, 2.75) is 77.0 Å². The number of fused-ring (bicyclic) bond motifs is 4. The largest absolute Gasteiger partial charge is 0.465 e. The second-order valence-electron chi connectivity index (χ2n) is 9.27. The normalized spacial score (nSPS) is 35.4. The first-order chi connectivity index (χ1) is 16.0. The molecule has 1 N–H and O–H groups in total. The Hall–Kier alpha value is -2.72. The first-order valence-electron chi connectivity index (χ1n) is 11.3. The van der Waals surface area contributed by atoms with Gasteiger partial charge in [0.1, 0.15) is 24.9 Å². The van der Waals surface area contributed by atoms with Crippen LogP contribution in [0.5, 0.6) is 0 Å². The lowest BCUT2D eigenvalue weighted by Gasteiger charge is -2.34. The average Bonchev–Trinajstić information content (AvgIpc) is 2.90. The molecule has 3 aliphatic rings. The zero-order valence-electron chi connectivity index (χ0n) is 19.9. The Morgan fingerprint density at radius 1 is 1.21 bits per heavy atom. The molecule has 0 unspecified atom stereocenters. The molecule has 0 aromatic rings. The Morgan fingerprint density at radius 2 is 1.88 bits per heavy atom. The molecule has 0 aromatic heterocycles. The fourth-order valence-electron chi connectivity index (χ4n) is 4.88. The summed E-state index contributed by atoms with van der Waals surface area (Å²) in [6, 6.07) is 0. The summed E-state index contributed by atoms with van der Waals surface area (Å²) in [5.41, 5.74) is -0.518. The summed E-state index contributed by atoms with van der Waals surface area (Å²) in [6.45, 7) is 9.50. The van der Waals surface area contributed by atoms with Gasteiger partial charge in [0.25, 0.3) is 0 Å². The number of hydrogen-bond donors (Lipinski definition) is 1. The lowest BCUT2D eigenvalue weighted by atomic mass is 9.78. The molecule has 3 saturated heterocycles. The predicted octanol–water partition coefficient (Wildman–Crippen LogP) is 1.39. The van der Waals surface area contributed by atoms with Gasteiger partial charge < -0.3 is 28.8 Å².